The first kappa shape index (κ1) is 19.1. The molecule has 4 aromatic rings. The smallest absolute Gasteiger partial charge is 0.291 e. The number of H-pyrrole nitrogens is 1. The second kappa shape index (κ2) is 8.44. The van der Waals surface area contributed by atoms with Gasteiger partial charge in [0.1, 0.15) is 5.82 Å². The van der Waals surface area contributed by atoms with Crippen LogP contribution in [-0.2, 0) is 6.54 Å². The van der Waals surface area contributed by atoms with Crippen LogP contribution < -0.4 is 10.6 Å². The standard InChI is InChI=1S/C22H17FN4O3/c23-16-7-5-15(6-8-16)20-18(13-25-27-20)21(28)24-12-14-3-9-17(10-4-14)26-22(29)19-2-1-11-30-19/h1-11,13H,12H2,(H,24,28)(H,25,27)(H,26,29). The maximum atomic E-state index is 13.1. The number of nitrogens with one attached hydrogen (secondary N) is 3. The predicted octanol–water partition coefficient (Wildman–Crippen LogP) is 3.99. The fourth-order valence-electron chi connectivity index (χ4n) is 2.88. The first-order valence-corrected chi connectivity index (χ1v) is 9.11. The molecule has 0 bridgehead atoms. The quantitative estimate of drug-likeness (QED) is 0.452. The first-order valence-electron chi connectivity index (χ1n) is 9.11. The van der Waals surface area contributed by atoms with Gasteiger partial charge < -0.3 is 15.1 Å². The normalized spacial score (nSPS) is 10.6. The largest absolute Gasteiger partial charge is 0.459 e. The summed E-state index contributed by atoms with van der Waals surface area (Å²) in [5.41, 5.74) is 3.01. The molecule has 0 fully saturated rings. The molecule has 0 saturated carbocycles. The summed E-state index contributed by atoms with van der Waals surface area (Å²) in [5, 5.41) is 12.3. The van der Waals surface area contributed by atoms with Crippen molar-refractivity contribution >= 4 is 17.5 Å². The number of carbonyl (C=O) groups is 2. The summed E-state index contributed by atoms with van der Waals surface area (Å²) in [7, 11) is 0. The number of aromatic nitrogens is 2. The Kier molecular flexibility index (Phi) is 5.38. The minimum atomic E-state index is -0.354. The van der Waals surface area contributed by atoms with Gasteiger partial charge in [0, 0.05) is 17.8 Å². The van der Waals surface area contributed by atoms with E-state index in [0.29, 0.717) is 29.1 Å². The monoisotopic (exact) mass is 404 g/mol. The molecule has 3 N–H and O–H groups in total. The van der Waals surface area contributed by atoms with Crippen molar-refractivity contribution in [3.63, 3.8) is 0 Å². The number of anilines is 1. The lowest BCUT2D eigenvalue weighted by molar-refractivity contribution is 0.0950. The highest BCUT2D eigenvalue weighted by atomic mass is 19.1. The Morgan fingerprint density at radius 2 is 1.77 bits per heavy atom. The Balaban J connectivity index is 1.37. The molecule has 8 heteroatoms. The highest BCUT2D eigenvalue weighted by molar-refractivity contribution is 6.02. The Labute approximate surface area is 170 Å². The molecular formula is C22H17FN4O3. The summed E-state index contributed by atoms with van der Waals surface area (Å²) in [5.74, 6) is -0.774. The number of halogens is 1. The van der Waals surface area contributed by atoms with E-state index in [1.807, 2.05) is 0 Å². The zero-order valence-electron chi connectivity index (χ0n) is 15.7. The molecule has 0 aliphatic carbocycles. The zero-order chi connectivity index (χ0) is 20.9. The van der Waals surface area contributed by atoms with Gasteiger partial charge in [-0.25, -0.2) is 4.39 Å². The summed E-state index contributed by atoms with van der Waals surface area (Å²) in [6, 6.07) is 16.1. The molecule has 0 saturated heterocycles. The van der Waals surface area contributed by atoms with Crippen LogP contribution in [0.15, 0.2) is 77.5 Å². The number of benzene rings is 2. The Bertz CT molecular complexity index is 1150. The van der Waals surface area contributed by atoms with Crippen LogP contribution in [0.1, 0.15) is 26.5 Å². The van der Waals surface area contributed by atoms with E-state index in [2.05, 4.69) is 20.8 Å². The van der Waals surface area contributed by atoms with Crippen LogP contribution in [0.3, 0.4) is 0 Å². The van der Waals surface area contributed by atoms with Gasteiger partial charge in [-0.2, -0.15) is 5.10 Å². The van der Waals surface area contributed by atoms with Crippen LogP contribution in [0, 0.1) is 5.82 Å². The van der Waals surface area contributed by atoms with Crippen LogP contribution in [0.2, 0.25) is 0 Å². The van der Waals surface area contributed by atoms with E-state index in [4.69, 9.17) is 4.42 Å². The minimum absolute atomic E-state index is 0.225. The average Bonchev–Trinajstić information content (AvgIpc) is 3.46. The van der Waals surface area contributed by atoms with Gasteiger partial charge >= 0.3 is 0 Å². The number of carbonyl (C=O) groups excluding carboxylic acids is 2. The Hall–Kier alpha value is -4.20. The number of amides is 2. The van der Waals surface area contributed by atoms with E-state index in [9.17, 15) is 14.0 Å². The van der Waals surface area contributed by atoms with E-state index in [1.54, 1.807) is 48.5 Å². The van der Waals surface area contributed by atoms with Crippen molar-refractivity contribution in [3.05, 3.63) is 95.8 Å². The predicted molar refractivity (Wildman–Crippen MR) is 108 cm³/mol. The number of hydrogen-bond acceptors (Lipinski definition) is 4. The molecule has 2 aromatic carbocycles. The minimum Gasteiger partial charge on any atom is -0.459 e. The van der Waals surface area contributed by atoms with Crippen LogP contribution in [0.25, 0.3) is 11.3 Å². The molecule has 0 atom stereocenters. The fraction of sp³-hybridized carbons (Fsp3) is 0.0455. The van der Waals surface area contributed by atoms with Gasteiger partial charge in [-0.05, 0) is 54.1 Å². The van der Waals surface area contributed by atoms with E-state index in [1.165, 1.54) is 24.6 Å². The van der Waals surface area contributed by atoms with Gasteiger partial charge in [-0.1, -0.05) is 12.1 Å². The molecule has 0 unspecified atom stereocenters. The van der Waals surface area contributed by atoms with Gasteiger partial charge in [-0.3, -0.25) is 14.7 Å². The average molecular weight is 404 g/mol. The van der Waals surface area contributed by atoms with Gasteiger partial charge in [0.25, 0.3) is 11.8 Å². The van der Waals surface area contributed by atoms with E-state index < -0.39 is 0 Å². The SMILES string of the molecule is O=C(Nc1ccc(CNC(=O)c2cn[nH]c2-c2ccc(F)cc2)cc1)c1ccco1. The third-order valence-corrected chi connectivity index (χ3v) is 4.43. The van der Waals surface area contributed by atoms with E-state index in [0.717, 1.165) is 5.56 Å². The number of hydrogen-bond donors (Lipinski definition) is 3. The summed E-state index contributed by atoms with van der Waals surface area (Å²) in [6.07, 6.45) is 2.86. The highest BCUT2D eigenvalue weighted by Gasteiger charge is 2.15. The van der Waals surface area contributed by atoms with Crippen molar-refractivity contribution < 1.29 is 18.4 Å². The molecule has 0 radical (unpaired) electrons. The third kappa shape index (κ3) is 4.27. The van der Waals surface area contributed by atoms with Crippen molar-refractivity contribution in [1.82, 2.24) is 15.5 Å². The fourth-order valence-corrected chi connectivity index (χ4v) is 2.88. The second-order valence-electron chi connectivity index (χ2n) is 6.48. The van der Waals surface area contributed by atoms with Crippen molar-refractivity contribution in [3.8, 4) is 11.3 Å². The molecule has 2 heterocycles. The molecule has 0 aliphatic rings. The molecule has 30 heavy (non-hydrogen) atoms. The molecule has 0 aliphatic heterocycles. The Morgan fingerprint density at radius 1 is 1.00 bits per heavy atom. The van der Waals surface area contributed by atoms with Crippen LogP contribution >= 0.6 is 0 Å². The summed E-state index contributed by atoms with van der Waals surface area (Å²) in [6.45, 7) is 0.291. The van der Waals surface area contributed by atoms with Crippen molar-refractivity contribution in [2.45, 2.75) is 6.54 Å². The topological polar surface area (TPSA) is 100 Å². The summed E-state index contributed by atoms with van der Waals surface area (Å²) >= 11 is 0. The summed E-state index contributed by atoms with van der Waals surface area (Å²) < 4.78 is 18.2. The lowest BCUT2D eigenvalue weighted by Crippen LogP contribution is -2.23. The van der Waals surface area contributed by atoms with Gasteiger partial charge in [0.15, 0.2) is 5.76 Å². The lowest BCUT2D eigenvalue weighted by Gasteiger charge is -2.08. The summed E-state index contributed by atoms with van der Waals surface area (Å²) in [4.78, 5) is 24.6. The highest BCUT2D eigenvalue weighted by Crippen LogP contribution is 2.21. The van der Waals surface area contributed by atoms with Crippen molar-refractivity contribution in [1.29, 1.82) is 0 Å². The Morgan fingerprint density at radius 3 is 2.47 bits per heavy atom. The molecule has 0 spiro atoms. The number of furan rings is 1. The van der Waals surface area contributed by atoms with Gasteiger partial charge in [0.2, 0.25) is 0 Å². The third-order valence-electron chi connectivity index (χ3n) is 4.43. The molecule has 150 valence electrons. The number of nitrogens with zero attached hydrogens (tertiary/aromatic N) is 1. The molecular weight excluding hydrogens is 387 g/mol. The van der Waals surface area contributed by atoms with Crippen molar-refractivity contribution in [2.24, 2.45) is 0 Å². The maximum Gasteiger partial charge on any atom is 0.291 e. The number of aromatic amines is 1. The van der Waals surface area contributed by atoms with E-state index in [-0.39, 0.29) is 23.4 Å². The second-order valence-corrected chi connectivity index (χ2v) is 6.48. The molecule has 7 nitrogen and oxygen atoms in total. The van der Waals surface area contributed by atoms with Gasteiger partial charge in [0.05, 0.1) is 23.7 Å². The first-order chi connectivity index (χ1) is 14.6. The van der Waals surface area contributed by atoms with Crippen molar-refractivity contribution in [2.75, 3.05) is 5.32 Å². The van der Waals surface area contributed by atoms with E-state index >= 15 is 0 Å². The zero-order valence-corrected chi connectivity index (χ0v) is 15.7. The van der Waals surface area contributed by atoms with Crippen LogP contribution in [-0.4, -0.2) is 22.0 Å². The molecule has 4 rings (SSSR count). The van der Waals surface area contributed by atoms with Crippen LogP contribution in [0.4, 0.5) is 10.1 Å². The van der Waals surface area contributed by atoms with Gasteiger partial charge in [-0.15, -0.1) is 0 Å². The van der Waals surface area contributed by atoms with Crippen LogP contribution in [0.5, 0.6) is 0 Å². The molecule has 2 aromatic heterocycles. The lowest BCUT2D eigenvalue weighted by atomic mass is 10.1. The maximum absolute atomic E-state index is 13.1. The molecule has 2 amide bonds. The number of rotatable bonds is 6.